The Kier molecular flexibility index (Phi) is 2.85. The van der Waals surface area contributed by atoms with Crippen molar-refractivity contribution in [3.8, 4) is 0 Å². The average Bonchev–Trinajstić information content (AvgIpc) is 1.94. The van der Waals surface area contributed by atoms with Crippen LogP contribution in [0.25, 0.3) is 0 Å². The van der Waals surface area contributed by atoms with E-state index in [0.717, 1.165) is 19.3 Å². The van der Waals surface area contributed by atoms with E-state index in [2.05, 4.69) is 0 Å². The number of hydrogen-bond acceptors (Lipinski definition) is 0. The molecule has 0 radical (unpaired) electrons. The Morgan fingerprint density at radius 3 is 2.64 bits per heavy atom. The quantitative estimate of drug-likeness (QED) is 0.581. The molecule has 0 aromatic carbocycles. The van der Waals surface area contributed by atoms with E-state index in [9.17, 15) is 8.78 Å². The van der Waals surface area contributed by atoms with E-state index in [1.165, 1.54) is 0 Å². The molecule has 1 aliphatic carbocycles. The molecule has 0 nitrogen and oxygen atoms in total. The van der Waals surface area contributed by atoms with E-state index in [0.29, 0.717) is 12.8 Å². The van der Waals surface area contributed by atoms with E-state index in [1.807, 2.05) is 6.92 Å². The van der Waals surface area contributed by atoms with Gasteiger partial charge >= 0.3 is 0 Å². The summed E-state index contributed by atoms with van der Waals surface area (Å²) in [5, 5.41) is 0. The summed E-state index contributed by atoms with van der Waals surface area (Å²) in [5.74, 6) is -2.67. The first-order valence-electron chi connectivity index (χ1n) is 4.54. The van der Waals surface area contributed by atoms with Gasteiger partial charge in [0.05, 0.1) is 0 Å². The van der Waals surface area contributed by atoms with Crippen molar-refractivity contribution in [2.45, 2.75) is 51.4 Å². The third kappa shape index (κ3) is 2.14. The first-order chi connectivity index (χ1) is 5.17. The molecule has 1 unspecified atom stereocenters. The van der Waals surface area contributed by atoms with Gasteiger partial charge in [-0.05, 0) is 19.3 Å². The SMILES string of the molecule is CCCC1CCCCC1(F)F. The van der Waals surface area contributed by atoms with E-state index in [-0.39, 0.29) is 12.3 Å². The van der Waals surface area contributed by atoms with Gasteiger partial charge in [-0.25, -0.2) is 8.78 Å². The third-order valence-electron chi connectivity index (χ3n) is 2.55. The van der Waals surface area contributed by atoms with E-state index in [4.69, 9.17) is 0 Å². The molecule has 66 valence electrons. The van der Waals surface area contributed by atoms with Gasteiger partial charge < -0.3 is 0 Å². The fraction of sp³-hybridized carbons (Fsp3) is 1.00. The van der Waals surface area contributed by atoms with Crippen molar-refractivity contribution in [3.05, 3.63) is 0 Å². The van der Waals surface area contributed by atoms with Crippen LogP contribution in [0, 0.1) is 5.92 Å². The molecule has 0 saturated heterocycles. The lowest BCUT2D eigenvalue weighted by atomic mass is 9.83. The minimum absolute atomic E-state index is 0.123. The number of alkyl halides is 2. The zero-order chi connectivity index (χ0) is 8.32. The maximum absolute atomic E-state index is 13.1. The Balaban J connectivity index is 2.45. The second-order valence-corrected chi connectivity index (χ2v) is 3.49. The molecule has 0 aromatic heterocycles. The van der Waals surface area contributed by atoms with Crippen LogP contribution in [-0.4, -0.2) is 5.92 Å². The summed E-state index contributed by atoms with van der Waals surface area (Å²) >= 11 is 0. The van der Waals surface area contributed by atoms with Crippen LogP contribution in [0.2, 0.25) is 0 Å². The van der Waals surface area contributed by atoms with Gasteiger partial charge in [-0.3, -0.25) is 0 Å². The molecule has 1 aliphatic rings. The van der Waals surface area contributed by atoms with Crippen LogP contribution in [0.5, 0.6) is 0 Å². The highest BCUT2D eigenvalue weighted by Gasteiger charge is 2.40. The summed E-state index contributed by atoms with van der Waals surface area (Å²) in [5.41, 5.74) is 0. The molecule has 11 heavy (non-hydrogen) atoms. The normalized spacial score (nSPS) is 30.3. The molecular formula is C9H16F2. The van der Waals surface area contributed by atoms with Crippen LogP contribution in [0.15, 0.2) is 0 Å². The predicted octanol–water partition coefficient (Wildman–Crippen LogP) is 3.61. The molecule has 0 aromatic rings. The van der Waals surface area contributed by atoms with E-state index in [1.54, 1.807) is 0 Å². The Morgan fingerprint density at radius 2 is 2.09 bits per heavy atom. The first-order valence-corrected chi connectivity index (χ1v) is 4.54. The van der Waals surface area contributed by atoms with Crippen molar-refractivity contribution >= 4 is 0 Å². The third-order valence-corrected chi connectivity index (χ3v) is 2.55. The van der Waals surface area contributed by atoms with Crippen molar-refractivity contribution in [3.63, 3.8) is 0 Å². The number of hydrogen-bond donors (Lipinski definition) is 0. The standard InChI is InChI=1S/C9H16F2/c1-2-5-8-6-3-4-7-9(8,10)11/h8H,2-7H2,1H3. The molecule has 1 saturated carbocycles. The van der Waals surface area contributed by atoms with Crippen molar-refractivity contribution in [1.82, 2.24) is 0 Å². The monoisotopic (exact) mass is 162 g/mol. The maximum Gasteiger partial charge on any atom is 0.250 e. The van der Waals surface area contributed by atoms with Gasteiger partial charge in [0.2, 0.25) is 0 Å². The van der Waals surface area contributed by atoms with Crippen LogP contribution < -0.4 is 0 Å². The lowest BCUT2D eigenvalue weighted by molar-refractivity contribution is -0.0882. The van der Waals surface area contributed by atoms with Gasteiger partial charge in [0, 0.05) is 12.3 Å². The second-order valence-electron chi connectivity index (χ2n) is 3.49. The highest BCUT2D eigenvalue weighted by Crippen LogP contribution is 2.40. The van der Waals surface area contributed by atoms with Gasteiger partial charge in [-0.15, -0.1) is 0 Å². The lowest BCUT2D eigenvalue weighted by Crippen LogP contribution is -2.31. The van der Waals surface area contributed by atoms with Crippen LogP contribution in [-0.2, 0) is 0 Å². The Hall–Kier alpha value is -0.140. The van der Waals surface area contributed by atoms with Gasteiger partial charge in [0.15, 0.2) is 0 Å². The van der Waals surface area contributed by atoms with Gasteiger partial charge in [0.25, 0.3) is 5.92 Å². The Bertz CT molecular complexity index is 119. The number of rotatable bonds is 2. The van der Waals surface area contributed by atoms with E-state index < -0.39 is 5.92 Å². The molecule has 0 N–H and O–H groups in total. The molecule has 1 fully saturated rings. The predicted molar refractivity (Wildman–Crippen MR) is 41.8 cm³/mol. The van der Waals surface area contributed by atoms with E-state index >= 15 is 0 Å². The van der Waals surface area contributed by atoms with Gasteiger partial charge in [0.1, 0.15) is 0 Å². The molecule has 1 rings (SSSR count). The zero-order valence-electron chi connectivity index (χ0n) is 7.08. The number of halogens is 2. The molecule has 0 spiro atoms. The topological polar surface area (TPSA) is 0 Å². The summed E-state index contributed by atoms with van der Waals surface area (Å²) in [4.78, 5) is 0. The Labute approximate surface area is 67.0 Å². The van der Waals surface area contributed by atoms with Crippen molar-refractivity contribution < 1.29 is 8.78 Å². The fourth-order valence-electron chi connectivity index (χ4n) is 1.87. The van der Waals surface area contributed by atoms with Crippen LogP contribution in [0.4, 0.5) is 8.78 Å². The van der Waals surface area contributed by atoms with Crippen LogP contribution in [0.1, 0.15) is 45.4 Å². The minimum Gasteiger partial charge on any atom is -0.207 e. The summed E-state index contributed by atoms with van der Waals surface area (Å²) in [7, 11) is 0. The van der Waals surface area contributed by atoms with Gasteiger partial charge in [-0.1, -0.05) is 19.8 Å². The van der Waals surface area contributed by atoms with Crippen molar-refractivity contribution in [2.24, 2.45) is 5.92 Å². The van der Waals surface area contributed by atoms with Crippen LogP contribution >= 0.6 is 0 Å². The highest BCUT2D eigenvalue weighted by atomic mass is 19.3. The fourth-order valence-corrected chi connectivity index (χ4v) is 1.87. The van der Waals surface area contributed by atoms with Crippen molar-refractivity contribution in [1.29, 1.82) is 0 Å². The largest absolute Gasteiger partial charge is 0.250 e. The smallest absolute Gasteiger partial charge is 0.207 e. The molecule has 1 atom stereocenters. The molecule has 0 aliphatic heterocycles. The average molecular weight is 162 g/mol. The first kappa shape index (κ1) is 8.95. The second kappa shape index (κ2) is 3.51. The van der Waals surface area contributed by atoms with Gasteiger partial charge in [-0.2, -0.15) is 0 Å². The molecule has 2 heteroatoms. The molecule has 0 heterocycles. The summed E-state index contributed by atoms with van der Waals surface area (Å²) < 4.78 is 26.1. The molecular weight excluding hydrogens is 146 g/mol. The summed E-state index contributed by atoms with van der Waals surface area (Å²) in [6.07, 6.45) is 4.17. The lowest BCUT2D eigenvalue weighted by Gasteiger charge is -2.30. The zero-order valence-corrected chi connectivity index (χ0v) is 7.08. The molecule has 0 bridgehead atoms. The summed E-state index contributed by atoms with van der Waals surface area (Å²) in [6.45, 7) is 1.98. The van der Waals surface area contributed by atoms with Crippen LogP contribution in [0.3, 0.4) is 0 Å². The minimum atomic E-state index is -2.35. The Morgan fingerprint density at radius 1 is 1.36 bits per heavy atom. The highest BCUT2D eigenvalue weighted by molar-refractivity contribution is 4.81. The molecule has 0 amide bonds. The summed E-state index contributed by atoms with van der Waals surface area (Å²) in [6, 6.07) is 0. The van der Waals surface area contributed by atoms with Crippen molar-refractivity contribution in [2.75, 3.05) is 0 Å². The maximum atomic E-state index is 13.1.